The van der Waals surface area contributed by atoms with Crippen LogP contribution >= 0.6 is 0 Å². The number of benzene rings is 2. The van der Waals surface area contributed by atoms with Gasteiger partial charge in [-0.1, -0.05) is 57.2 Å². The molecule has 0 aromatic heterocycles. The van der Waals surface area contributed by atoms with Gasteiger partial charge in [-0.2, -0.15) is 0 Å². The van der Waals surface area contributed by atoms with Crippen LogP contribution in [-0.4, -0.2) is 30.2 Å². The van der Waals surface area contributed by atoms with Crippen LogP contribution in [0.25, 0.3) is 27.3 Å². The van der Waals surface area contributed by atoms with E-state index in [1.165, 1.54) is 21.5 Å². The second kappa shape index (κ2) is 12.3. The predicted molar refractivity (Wildman–Crippen MR) is 124 cm³/mol. The Balaban J connectivity index is 0.000000431. The van der Waals surface area contributed by atoms with Crippen molar-refractivity contribution < 1.29 is 34.7 Å². The molecule has 0 aliphatic heterocycles. The molecule has 1 radical (unpaired) electrons. The first kappa shape index (κ1) is 27.5. The smallest absolute Gasteiger partial charge is 0.673 e. The largest absolute Gasteiger partial charge is 2.00 e. The minimum Gasteiger partial charge on any atom is -0.673 e. The minimum atomic E-state index is -1.32. The second-order valence-electron chi connectivity index (χ2n) is 8.48. The predicted octanol–water partition coefficient (Wildman–Crippen LogP) is 7.15. The van der Waals surface area contributed by atoms with Gasteiger partial charge in [0.25, 0.3) is 0 Å². The van der Waals surface area contributed by atoms with Gasteiger partial charge in [0.2, 0.25) is 0 Å². The molecule has 151 valence electrons. The van der Waals surface area contributed by atoms with Crippen LogP contribution in [0.1, 0.15) is 20.8 Å². The van der Waals surface area contributed by atoms with Crippen molar-refractivity contribution in [1.82, 2.24) is 0 Å². The van der Waals surface area contributed by atoms with Crippen LogP contribution in [0, 0.1) is 0 Å². The average molecular weight is 492 g/mol. The molecule has 28 heavy (non-hydrogen) atoms. The molecular formula is C22H34NO2Si2Zr. The summed E-state index contributed by atoms with van der Waals surface area (Å²) < 4.78 is 10.6. The quantitative estimate of drug-likeness (QED) is 0.288. The SMILES string of the molecule is CC(C)(C)[NH-].CO[Si](C)O[Si](C)(C)C.[Zr+2].c1ccc2c(c1)[cH-]c1ccccc12. The Morgan fingerprint density at radius 3 is 1.54 bits per heavy atom. The number of fused-ring (bicyclic) bond motifs is 3. The standard InChI is InChI=1S/C13H9.C5H15O2Si2.C4H10N.Zr/c1-3-7-12-10(5-1)9-11-6-2-4-8-13(11)12;1-6-8(2)7-9(3,4)5;1-4(2,3)5;/h1-9H;1-5H3;5H,1-3H3;/q-1;;-1;+2. The Bertz CT molecular complexity index is 766. The molecule has 0 heterocycles. The van der Waals surface area contributed by atoms with E-state index in [0.717, 1.165) is 0 Å². The molecule has 3 aromatic rings. The van der Waals surface area contributed by atoms with E-state index < -0.39 is 17.6 Å². The molecule has 0 aliphatic rings. The van der Waals surface area contributed by atoms with Crippen molar-refractivity contribution in [2.24, 2.45) is 0 Å². The fourth-order valence-corrected chi connectivity index (χ4v) is 6.16. The van der Waals surface area contributed by atoms with Crippen molar-refractivity contribution in [2.45, 2.75) is 52.5 Å². The fraction of sp³-hybridized carbons (Fsp3) is 0.409. The van der Waals surface area contributed by atoms with E-state index in [-0.39, 0.29) is 31.7 Å². The zero-order valence-corrected chi connectivity index (χ0v) is 23.0. The summed E-state index contributed by atoms with van der Waals surface area (Å²) in [5, 5.41) is 5.39. The Hall–Kier alpha value is -0.493. The van der Waals surface area contributed by atoms with Gasteiger partial charge in [-0.3, -0.25) is 0 Å². The van der Waals surface area contributed by atoms with E-state index in [2.05, 4.69) is 74.2 Å². The van der Waals surface area contributed by atoms with Gasteiger partial charge in [0.15, 0.2) is 8.32 Å². The van der Waals surface area contributed by atoms with Crippen molar-refractivity contribution in [2.75, 3.05) is 7.11 Å². The van der Waals surface area contributed by atoms with E-state index >= 15 is 0 Å². The number of hydrogen-bond donors (Lipinski definition) is 0. The molecule has 0 unspecified atom stereocenters. The van der Waals surface area contributed by atoms with Crippen LogP contribution in [0.2, 0.25) is 26.2 Å². The molecule has 0 fully saturated rings. The van der Waals surface area contributed by atoms with Crippen LogP contribution in [-0.2, 0) is 34.7 Å². The molecule has 0 saturated heterocycles. The normalized spacial score (nSPS) is 11.4. The van der Waals surface area contributed by atoms with Crippen LogP contribution in [0.15, 0.2) is 54.6 Å². The van der Waals surface area contributed by atoms with E-state index in [1.54, 1.807) is 7.11 Å². The van der Waals surface area contributed by atoms with Gasteiger partial charge in [-0.05, 0) is 26.2 Å². The van der Waals surface area contributed by atoms with Gasteiger partial charge >= 0.3 is 35.5 Å². The van der Waals surface area contributed by atoms with Crippen molar-refractivity contribution in [3.63, 3.8) is 0 Å². The molecule has 0 saturated carbocycles. The Labute approximate surface area is 193 Å². The van der Waals surface area contributed by atoms with Crippen LogP contribution in [0.4, 0.5) is 0 Å². The van der Waals surface area contributed by atoms with Crippen molar-refractivity contribution >= 4 is 39.1 Å². The van der Waals surface area contributed by atoms with Crippen LogP contribution < -0.4 is 0 Å². The van der Waals surface area contributed by atoms with Crippen LogP contribution in [0.3, 0.4) is 0 Å². The zero-order chi connectivity index (χ0) is 20.7. The van der Waals surface area contributed by atoms with Crippen molar-refractivity contribution in [3.05, 3.63) is 60.3 Å². The molecule has 1 N–H and O–H groups in total. The third-order valence-corrected chi connectivity index (χ3v) is 7.43. The fourth-order valence-electron chi connectivity index (χ4n) is 2.38. The zero-order valence-electron chi connectivity index (χ0n) is 18.5. The molecule has 6 heteroatoms. The number of hydrogen-bond acceptors (Lipinski definition) is 2. The molecular weight excluding hydrogens is 458 g/mol. The summed E-state index contributed by atoms with van der Waals surface area (Å²) >= 11 is 0. The topological polar surface area (TPSA) is 42.3 Å². The Morgan fingerprint density at radius 1 is 0.893 bits per heavy atom. The average Bonchev–Trinajstić information content (AvgIpc) is 2.91. The third-order valence-electron chi connectivity index (χ3n) is 3.26. The maximum Gasteiger partial charge on any atom is 2.00 e. The van der Waals surface area contributed by atoms with Gasteiger partial charge in [0, 0.05) is 7.11 Å². The molecule has 3 nitrogen and oxygen atoms in total. The molecule has 0 spiro atoms. The summed E-state index contributed by atoms with van der Waals surface area (Å²) in [5.41, 5.74) is 6.69. The summed E-state index contributed by atoms with van der Waals surface area (Å²) in [7, 11) is -0.543. The van der Waals surface area contributed by atoms with Gasteiger partial charge in [-0.15, -0.1) is 45.3 Å². The first-order valence-corrected chi connectivity index (χ1v) is 14.5. The van der Waals surface area contributed by atoms with E-state index in [0.29, 0.717) is 0 Å². The van der Waals surface area contributed by atoms with Gasteiger partial charge < -0.3 is 14.3 Å². The van der Waals surface area contributed by atoms with Gasteiger partial charge in [-0.25, -0.2) is 0 Å². The molecule has 0 amide bonds. The van der Waals surface area contributed by atoms with E-state index in [4.69, 9.17) is 14.3 Å². The van der Waals surface area contributed by atoms with Gasteiger partial charge in [0.05, 0.1) is 0 Å². The maximum absolute atomic E-state index is 6.94. The second-order valence-corrected chi connectivity index (χ2v) is 14.9. The Kier molecular flexibility index (Phi) is 12.0. The van der Waals surface area contributed by atoms with E-state index in [1.807, 2.05) is 27.3 Å². The third kappa shape index (κ3) is 11.5. The molecule has 3 rings (SSSR count). The molecule has 3 aromatic carbocycles. The summed E-state index contributed by atoms with van der Waals surface area (Å²) in [5.74, 6) is 0. The first-order chi connectivity index (χ1) is 12.4. The summed E-state index contributed by atoms with van der Waals surface area (Å²) in [6.45, 7) is 14.1. The van der Waals surface area contributed by atoms with E-state index in [9.17, 15) is 0 Å². The molecule has 0 aliphatic carbocycles. The summed E-state index contributed by atoms with van der Waals surface area (Å²) in [6.07, 6.45) is 0. The molecule has 0 atom stereocenters. The van der Waals surface area contributed by atoms with Crippen molar-refractivity contribution in [1.29, 1.82) is 0 Å². The maximum atomic E-state index is 6.94. The van der Waals surface area contributed by atoms with Gasteiger partial charge in [0.1, 0.15) is 0 Å². The van der Waals surface area contributed by atoms with Crippen molar-refractivity contribution in [3.8, 4) is 0 Å². The molecule has 0 bridgehead atoms. The summed E-state index contributed by atoms with van der Waals surface area (Å²) in [4.78, 5) is 0. The first-order valence-electron chi connectivity index (χ1n) is 9.25. The number of nitrogens with one attached hydrogen (secondary N) is 1. The summed E-state index contributed by atoms with van der Waals surface area (Å²) in [6, 6.07) is 19.3. The Morgan fingerprint density at radius 2 is 1.25 bits per heavy atom. The minimum absolute atomic E-state index is 0. The number of rotatable bonds is 3. The van der Waals surface area contributed by atoms with Crippen LogP contribution in [0.5, 0.6) is 0 Å². The monoisotopic (exact) mass is 490 g/mol.